The van der Waals surface area contributed by atoms with Crippen LogP contribution in [-0.2, 0) is 6.54 Å². The van der Waals surface area contributed by atoms with E-state index < -0.39 is 4.92 Å². The molecule has 11 nitrogen and oxygen atoms in total. The fourth-order valence-electron chi connectivity index (χ4n) is 3.55. The van der Waals surface area contributed by atoms with Gasteiger partial charge in [-0.1, -0.05) is 30.0 Å². The number of nitrogens with zero attached hydrogens (tertiary/aromatic N) is 7. The van der Waals surface area contributed by atoms with Crippen molar-refractivity contribution >= 4 is 34.1 Å². The van der Waals surface area contributed by atoms with Crippen LogP contribution in [0.2, 0.25) is 0 Å². The summed E-state index contributed by atoms with van der Waals surface area (Å²) in [6, 6.07) is 13.2. The Balaban J connectivity index is 1.50. The first-order valence-corrected chi connectivity index (χ1v) is 11.1. The molecular formula is C22H17N7O4S. The van der Waals surface area contributed by atoms with Gasteiger partial charge in [0, 0.05) is 24.2 Å². The molecule has 0 bridgehead atoms. The Kier molecular flexibility index (Phi) is 5.42. The molecule has 2 aromatic carbocycles. The number of nitro benzene ring substituents is 1. The Hall–Kier alpha value is -4.32. The van der Waals surface area contributed by atoms with Crippen molar-refractivity contribution in [1.29, 1.82) is 0 Å². The van der Waals surface area contributed by atoms with E-state index in [1.54, 1.807) is 24.3 Å². The number of allylic oxidation sites excluding steroid dienone is 1. The molecule has 0 aliphatic heterocycles. The minimum atomic E-state index is -0.469. The highest BCUT2D eigenvalue weighted by atomic mass is 32.2. The van der Waals surface area contributed by atoms with Crippen LogP contribution in [0.1, 0.15) is 18.1 Å². The van der Waals surface area contributed by atoms with Crippen LogP contribution in [0.4, 0.5) is 5.69 Å². The van der Waals surface area contributed by atoms with Crippen molar-refractivity contribution in [1.82, 2.24) is 29.4 Å². The molecule has 0 radical (unpaired) electrons. The topological polar surface area (TPSA) is 134 Å². The number of hydrogen-bond acceptors (Lipinski definition) is 9. The van der Waals surface area contributed by atoms with Gasteiger partial charge in [0.25, 0.3) is 11.2 Å². The summed E-state index contributed by atoms with van der Waals surface area (Å²) >= 11 is 1.36. The summed E-state index contributed by atoms with van der Waals surface area (Å²) in [4.78, 5) is 23.3. The maximum atomic E-state index is 12.9. The Morgan fingerprint density at radius 3 is 2.65 bits per heavy atom. The maximum Gasteiger partial charge on any atom is 0.269 e. The number of non-ortho nitro benzene ring substituents is 1. The quantitative estimate of drug-likeness (QED) is 0.148. The van der Waals surface area contributed by atoms with E-state index in [2.05, 4.69) is 27.0 Å². The summed E-state index contributed by atoms with van der Waals surface area (Å²) in [5.74, 6) is 1.03. The zero-order chi connectivity index (χ0) is 23.8. The minimum absolute atomic E-state index is 0.0201. The first-order valence-electron chi connectivity index (χ1n) is 10.2. The summed E-state index contributed by atoms with van der Waals surface area (Å²) in [5, 5.41) is 28.5. The molecule has 3 heterocycles. The molecule has 0 aliphatic carbocycles. The monoisotopic (exact) mass is 475 g/mol. The predicted octanol–water partition coefficient (Wildman–Crippen LogP) is 4.04. The van der Waals surface area contributed by atoms with Crippen molar-refractivity contribution in [2.45, 2.75) is 23.9 Å². The van der Waals surface area contributed by atoms with E-state index in [4.69, 9.17) is 4.42 Å². The molecule has 5 aromatic rings. The Morgan fingerprint density at radius 1 is 1.15 bits per heavy atom. The third kappa shape index (κ3) is 3.63. The molecule has 0 amide bonds. The van der Waals surface area contributed by atoms with Crippen molar-refractivity contribution in [3.63, 3.8) is 0 Å². The van der Waals surface area contributed by atoms with Gasteiger partial charge >= 0.3 is 0 Å². The van der Waals surface area contributed by atoms with Crippen LogP contribution in [0.5, 0.6) is 0 Å². The molecule has 0 fully saturated rings. The molecule has 5 rings (SSSR count). The highest BCUT2D eigenvalue weighted by Crippen LogP contribution is 2.35. The van der Waals surface area contributed by atoms with E-state index in [-0.39, 0.29) is 22.4 Å². The molecule has 0 saturated carbocycles. The largest absolute Gasteiger partial charge is 0.419 e. The van der Waals surface area contributed by atoms with E-state index >= 15 is 0 Å². The van der Waals surface area contributed by atoms with Gasteiger partial charge in [-0.05, 0) is 31.2 Å². The average Bonchev–Trinajstić information content (AvgIpc) is 3.50. The lowest BCUT2D eigenvalue weighted by molar-refractivity contribution is -0.384. The van der Waals surface area contributed by atoms with Gasteiger partial charge < -0.3 is 4.42 Å². The Labute approximate surface area is 195 Å². The third-order valence-corrected chi connectivity index (χ3v) is 6.22. The summed E-state index contributed by atoms with van der Waals surface area (Å²) in [7, 11) is 0. The number of thioether (sulfide) groups is 1. The van der Waals surface area contributed by atoms with Crippen LogP contribution in [0.15, 0.2) is 75.6 Å². The Bertz CT molecular complexity index is 1600. The summed E-state index contributed by atoms with van der Waals surface area (Å²) in [6.45, 7) is 5.93. The van der Waals surface area contributed by atoms with Crippen LogP contribution in [-0.4, -0.2) is 34.3 Å². The minimum Gasteiger partial charge on any atom is -0.419 e. The summed E-state index contributed by atoms with van der Waals surface area (Å²) < 4.78 is 9.18. The standard InChI is InChI=1S/C22H17N7O4S/c1-3-12-27-20(30)16-6-4-5-7-17(16)28-21(27)25-26-22(28)34-13(2)18-23-24-19(33-18)14-8-10-15(11-9-14)29(31)32/h3-11,13H,1,12H2,2H3. The molecule has 0 aliphatic rings. The van der Waals surface area contributed by atoms with Gasteiger partial charge in [-0.3, -0.25) is 23.9 Å². The van der Waals surface area contributed by atoms with Crippen LogP contribution in [0.25, 0.3) is 28.1 Å². The van der Waals surface area contributed by atoms with Gasteiger partial charge in [-0.15, -0.1) is 27.0 Å². The number of hydrogen-bond donors (Lipinski definition) is 0. The number of fused-ring (bicyclic) bond motifs is 3. The lowest BCUT2D eigenvalue weighted by Crippen LogP contribution is -2.22. The SMILES string of the molecule is C=CCn1c(=O)c2ccccc2n2c(SC(C)c3nnc(-c4ccc([N+](=O)[O-])cc4)o3)nnc12. The molecule has 0 N–H and O–H groups in total. The van der Waals surface area contributed by atoms with E-state index in [1.807, 2.05) is 29.5 Å². The number of para-hydroxylation sites is 1. The van der Waals surface area contributed by atoms with Gasteiger partial charge in [-0.25, -0.2) is 0 Å². The first kappa shape index (κ1) is 21.5. The lowest BCUT2D eigenvalue weighted by Gasteiger charge is -2.10. The highest BCUT2D eigenvalue weighted by Gasteiger charge is 2.22. The van der Waals surface area contributed by atoms with Crippen LogP contribution >= 0.6 is 11.8 Å². The van der Waals surface area contributed by atoms with E-state index in [1.165, 1.54) is 28.5 Å². The number of benzene rings is 2. The second kappa shape index (κ2) is 8.56. The fourth-order valence-corrected chi connectivity index (χ4v) is 4.44. The summed E-state index contributed by atoms with van der Waals surface area (Å²) in [6.07, 6.45) is 1.64. The van der Waals surface area contributed by atoms with Gasteiger partial charge in [0.15, 0.2) is 5.16 Å². The molecule has 12 heteroatoms. The molecular weight excluding hydrogens is 458 g/mol. The average molecular weight is 475 g/mol. The van der Waals surface area contributed by atoms with Crippen molar-refractivity contribution < 1.29 is 9.34 Å². The van der Waals surface area contributed by atoms with Crippen molar-refractivity contribution in [2.24, 2.45) is 0 Å². The molecule has 1 atom stereocenters. The molecule has 3 aromatic heterocycles. The second-order valence-corrected chi connectivity index (χ2v) is 8.66. The zero-order valence-electron chi connectivity index (χ0n) is 17.9. The van der Waals surface area contributed by atoms with Gasteiger partial charge in [0.05, 0.1) is 21.1 Å². The van der Waals surface area contributed by atoms with Crippen LogP contribution in [0.3, 0.4) is 0 Å². The smallest absolute Gasteiger partial charge is 0.269 e. The Morgan fingerprint density at radius 2 is 1.91 bits per heavy atom. The second-order valence-electron chi connectivity index (χ2n) is 7.35. The van der Waals surface area contributed by atoms with Crippen molar-refractivity contribution in [2.75, 3.05) is 0 Å². The third-order valence-electron chi connectivity index (χ3n) is 5.19. The van der Waals surface area contributed by atoms with E-state index in [9.17, 15) is 14.9 Å². The fraction of sp³-hybridized carbons (Fsp3) is 0.136. The van der Waals surface area contributed by atoms with Gasteiger partial charge in [0.2, 0.25) is 17.6 Å². The van der Waals surface area contributed by atoms with Crippen LogP contribution in [0, 0.1) is 10.1 Å². The van der Waals surface area contributed by atoms with Crippen LogP contribution < -0.4 is 5.56 Å². The normalized spacial score (nSPS) is 12.3. The number of nitro groups is 1. The van der Waals surface area contributed by atoms with Crippen molar-refractivity contribution in [3.05, 3.63) is 87.5 Å². The van der Waals surface area contributed by atoms with E-state index in [0.29, 0.717) is 39.8 Å². The molecule has 34 heavy (non-hydrogen) atoms. The highest BCUT2D eigenvalue weighted by molar-refractivity contribution is 7.99. The lowest BCUT2D eigenvalue weighted by atomic mass is 10.2. The zero-order valence-corrected chi connectivity index (χ0v) is 18.7. The van der Waals surface area contributed by atoms with Crippen molar-refractivity contribution in [3.8, 4) is 11.5 Å². The summed E-state index contributed by atoms with van der Waals surface area (Å²) in [5.41, 5.74) is 1.09. The van der Waals surface area contributed by atoms with E-state index in [0.717, 1.165) is 0 Å². The molecule has 0 spiro atoms. The molecule has 170 valence electrons. The van der Waals surface area contributed by atoms with Gasteiger partial charge in [-0.2, -0.15) is 0 Å². The van der Waals surface area contributed by atoms with Gasteiger partial charge in [0.1, 0.15) is 0 Å². The molecule has 1 unspecified atom stereocenters. The maximum absolute atomic E-state index is 12.9. The predicted molar refractivity (Wildman–Crippen MR) is 126 cm³/mol. The first-order chi connectivity index (χ1) is 16.5. The molecule has 0 saturated heterocycles. The number of rotatable bonds is 7. The number of aromatic nitrogens is 6.